The molecule has 0 heterocycles. The van der Waals surface area contributed by atoms with Crippen molar-refractivity contribution in [3.63, 3.8) is 0 Å². The first kappa shape index (κ1) is 14.7. The van der Waals surface area contributed by atoms with E-state index in [9.17, 15) is 14.4 Å². The van der Waals surface area contributed by atoms with Crippen LogP contribution >= 0.6 is 0 Å². The Hall–Kier alpha value is -2.37. The number of carboxylic acids is 1. The van der Waals surface area contributed by atoms with E-state index in [0.717, 1.165) is 0 Å². The van der Waals surface area contributed by atoms with Gasteiger partial charge in [0.15, 0.2) is 0 Å². The average molecular weight is 264 g/mol. The van der Waals surface area contributed by atoms with Crippen LogP contribution in [0.5, 0.6) is 0 Å². The monoisotopic (exact) mass is 264 g/mol. The van der Waals surface area contributed by atoms with Gasteiger partial charge in [0, 0.05) is 19.2 Å². The van der Waals surface area contributed by atoms with Crippen LogP contribution in [0.2, 0.25) is 0 Å². The molecule has 0 radical (unpaired) electrons. The summed E-state index contributed by atoms with van der Waals surface area (Å²) < 4.78 is 0. The Kier molecular flexibility index (Phi) is 5.05. The molecule has 6 heteroatoms. The number of carbonyl (C=O) groups is 3. The molecule has 0 saturated heterocycles. The molecule has 1 aromatic rings. The third-order valence-electron chi connectivity index (χ3n) is 2.46. The van der Waals surface area contributed by atoms with Crippen molar-refractivity contribution in [2.45, 2.75) is 6.92 Å². The van der Waals surface area contributed by atoms with E-state index in [1.54, 1.807) is 6.92 Å². The highest BCUT2D eigenvalue weighted by Crippen LogP contribution is 2.07. The van der Waals surface area contributed by atoms with E-state index < -0.39 is 11.9 Å². The Morgan fingerprint density at radius 2 is 1.89 bits per heavy atom. The fourth-order valence-corrected chi connectivity index (χ4v) is 1.55. The maximum Gasteiger partial charge on any atom is 0.335 e. The van der Waals surface area contributed by atoms with E-state index >= 15 is 0 Å². The molecule has 1 aromatic carbocycles. The Morgan fingerprint density at radius 3 is 2.47 bits per heavy atom. The topological polar surface area (TPSA) is 86.7 Å². The molecular weight excluding hydrogens is 248 g/mol. The highest BCUT2D eigenvalue weighted by molar-refractivity contribution is 5.98. The van der Waals surface area contributed by atoms with Crippen molar-refractivity contribution in [1.29, 1.82) is 0 Å². The van der Waals surface area contributed by atoms with Crippen LogP contribution in [0.3, 0.4) is 0 Å². The zero-order valence-corrected chi connectivity index (χ0v) is 10.8. The lowest BCUT2D eigenvalue weighted by molar-refractivity contribution is -0.121. The van der Waals surface area contributed by atoms with Crippen molar-refractivity contribution in [2.75, 3.05) is 20.1 Å². The molecular formula is C13H16N2O4. The van der Waals surface area contributed by atoms with Crippen molar-refractivity contribution < 1.29 is 19.5 Å². The molecule has 19 heavy (non-hydrogen) atoms. The number of carbonyl (C=O) groups excluding carboxylic acids is 2. The van der Waals surface area contributed by atoms with Crippen molar-refractivity contribution in [2.24, 2.45) is 0 Å². The van der Waals surface area contributed by atoms with E-state index in [-0.39, 0.29) is 23.6 Å². The Morgan fingerprint density at radius 1 is 1.26 bits per heavy atom. The smallest absolute Gasteiger partial charge is 0.335 e. The molecule has 0 saturated carbocycles. The van der Waals surface area contributed by atoms with Crippen LogP contribution in [0.4, 0.5) is 0 Å². The van der Waals surface area contributed by atoms with Crippen LogP contribution in [0.1, 0.15) is 27.6 Å². The number of amides is 2. The molecule has 0 fully saturated rings. The SMILES string of the molecule is CCNC(=O)CN(C)C(=O)c1cccc(C(=O)O)c1. The third kappa shape index (κ3) is 4.09. The molecule has 0 spiro atoms. The maximum atomic E-state index is 12.0. The van der Waals surface area contributed by atoms with Gasteiger partial charge in [-0.1, -0.05) is 6.07 Å². The quantitative estimate of drug-likeness (QED) is 0.815. The number of hydrogen-bond acceptors (Lipinski definition) is 3. The Balaban J connectivity index is 2.79. The van der Waals surface area contributed by atoms with E-state index in [1.165, 1.54) is 36.2 Å². The number of hydrogen-bond donors (Lipinski definition) is 2. The zero-order chi connectivity index (χ0) is 14.4. The van der Waals surface area contributed by atoms with Crippen molar-refractivity contribution in [3.8, 4) is 0 Å². The Bertz CT molecular complexity index is 499. The van der Waals surface area contributed by atoms with Gasteiger partial charge in [0.1, 0.15) is 0 Å². The molecule has 102 valence electrons. The van der Waals surface area contributed by atoms with Gasteiger partial charge in [-0.2, -0.15) is 0 Å². The first-order valence-electron chi connectivity index (χ1n) is 5.81. The van der Waals surface area contributed by atoms with Gasteiger partial charge in [0.05, 0.1) is 12.1 Å². The summed E-state index contributed by atoms with van der Waals surface area (Å²) in [6.45, 7) is 2.22. The summed E-state index contributed by atoms with van der Waals surface area (Å²) in [5, 5.41) is 11.4. The van der Waals surface area contributed by atoms with Gasteiger partial charge in [0.2, 0.25) is 5.91 Å². The molecule has 0 atom stereocenters. The van der Waals surface area contributed by atoms with Gasteiger partial charge in [0.25, 0.3) is 5.91 Å². The minimum Gasteiger partial charge on any atom is -0.478 e. The number of likely N-dealkylation sites (N-methyl/N-ethyl adjacent to an activating group) is 2. The summed E-state index contributed by atoms with van der Waals surface area (Å²) in [5.41, 5.74) is 0.281. The lowest BCUT2D eigenvalue weighted by atomic mass is 10.1. The first-order valence-corrected chi connectivity index (χ1v) is 5.81. The largest absolute Gasteiger partial charge is 0.478 e. The molecule has 0 aliphatic rings. The summed E-state index contributed by atoms with van der Waals surface area (Å²) in [5.74, 6) is -1.75. The standard InChI is InChI=1S/C13H16N2O4/c1-3-14-11(16)8-15(2)12(17)9-5-4-6-10(7-9)13(18)19/h4-7H,3,8H2,1-2H3,(H,14,16)(H,18,19). The minimum atomic E-state index is -1.10. The second kappa shape index (κ2) is 6.53. The summed E-state index contributed by atoms with van der Waals surface area (Å²) in [7, 11) is 1.49. The predicted octanol–water partition coefficient (Wildman–Crippen LogP) is 0.593. The maximum absolute atomic E-state index is 12.0. The van der Waals surface area contributed by atoms with Crippen LogP contribution in [0, 0.1) is 0 Å². The van der Waals surface area contributed by atoms with Crippen LogP contribution in [-0.4, -0.2) is 47.9 Å². The fraction of sp³-hybridized carbons (Fsp3) is 0.308. The fourth-order valence-electron chi connectivity index (χ4n) is 1.55. The number of rotatable bonds is 5. The van der Waals surface area contributed by atoms with Gasteiger partial charge >= 0.3 is 5.97 Å². The number of benzene rings is 1. The molecule has 0 aliphatic carbocycles. The highest BCUT2D eigenvalue weighted by atomic mass is 16.4. The molecule has 6 nitrogen and oxygen atoms in total. The lowest BCUT2D eigenvalue weighted by Gasteiger charge is -2.16. The van der Waals surface area contributed by atoms with Crippen molar-refractivity contribution in [1.82, 2.24) is 10.2 Å². The number of carboxylic acid groups (broad SMARTS) is 1. The second-order valence-corrected chi connectivity index (χ2v) is 4.00. The van der Waals surface area contributed by atoms with Crippen LogP contribution in [-0.2, 0) is 4.79 Å². The van der Waals surface area contributed by atoms with E-state index in [1.807, 2.05) is 0 Å². The second-order valence-electron chi connectivity index (χ2n) is 4.00. The third-order valence-corrected chi connectivity index (χ3v) is 2.46. The summed E-state index contributed by atoms with van der Waals surface area (Å²) >= 11 is 0. The summed E-state index contributed by atoms with van der Waals surface area (Å²) in [6, 6.07) is 5.71. The molecule has 0 bridgehead atoms. The molecule has 0 aliphatic heterocycles. The first-order chi connectivity index (χ1) is 8.95. The highest BCUT2D eigenvalue weighted by Gasteiger charge is 2.15. The Labute approximate surface area is 111 Å². The minimum absolute atomic E-state index is 0.0391. The van der Waals surface area contributed by atoms with Gasteiger partial charge < -0.3 is 15.3 Å². The van der Waals surface area contributed by atoms with E-state index in [2.05, 4.69) is 5.32 Å². The van der Waals surface area contributed by atoms with Gasteiger partial charge in [-0.05, 0) is 25.1 Å². The molecule has 0 aromatic heterocycles. The van der Waals surface area contributed by atoms with Crippen LogP contribution in [0.15, 0.2) is 24.3 Å². The van der Waals surface area contributed by atoms with Crippen molar-refractivity contribution in [3.05, 3.63) is 35.4 Å². The normalized spacial score (nSPS) is 9.79. The molecule has 1 rings (SSSR count). The summed E-state index contributed by atoms with van der Waals surface area (Å²) in [4.78, 5) is 35.4. The number of aromatic carboxylic acids is 1. The average Bonchev–Trinajstić information content (AvgIpc) is 2.38. The lowest BCUT2D eigenvalue weighted by Crippen LogP contribution is -2.38. The van der Waals surface area contributed by atoms with Crippen LogP contribution in [0.25, 0.3) is 0 Å². The zero-order valence-electron chi connectivity index (χ0n) is 10.8. The van der Waals surface area contributed by atoms with Crippen LogP contribution < -0.4 is 5.32 Å². The molecule has 2 amide bonds. The van der Waals surface area contributed by atoms with Gasteiger partial charge in [-0.3, -0.25) is 9.59 Å². The van der Waals surface area contributed by atoms with E-state index in [0.29, 0.717) is 6.54 Å². The van der Waals surface area contributed by atoms with E-state index in [4.69, 9.17) is 5.11 Å². The van der Waals surface area contributed by atoms with Gasteiger partial charge in [-0.25, -0.2) is 4.79 Å². The molecule has 2 N–H and O–H groups in total. The molecule has 0 unspecified atom stereocenters. The summed E-state index contributed by atoms with van der Waals surface area (Å²) in [6.07, 6.45) is 0. The van der Waals surface area contributed by atoms with Gasteiger partial charge in [-0.15, -0.1) is 0 Å². The predicted molar refractivity (Wildman–Crippen MR) is 69.0 cm³/mol. The van der Waals surface area contributed by atoms with Crippen molar-refractivity contribution >= 4 is 17.8 Å². The number of nitrogens with zero attached hydrogens (tertiary/aromatic N) is 1. The number of nitrogens with one attached hydrogen (secondary N) is 1.